The van der Waals surface area contributed by atoms with E-state index < -0.39 is 0 Å². The predicted octanol–water partition coefficient (Wildman–Crippen LogP) is 5.56. The largest absolute Gasteiger partial charge is 0.387 e. The fourth-order valence-corrected chi connectivity index (χ4v) is 4.36. The molecule has 0 radical (unpaired) electrons. The second-order valence-corrected chi connectivity index (χ2v) is 7.36. The van der Waals surface area contributed by atoms with Crippen molar-refractivity contribution in [3.8, 4) is 0 Å². The fourth-order valence-electron chi connectivity index (χ4n) is 2.54. The summed E-state index contributed by atoms with van der Waals surface area (Å²) in [6.07, 6.45) is 8.46. The summed E-state index contributed by atoms with van der Waals surface area (Å²) < 4.78 is 1.65. The molecule has 1 unspecified atom stereocenters. The Labute approximate surface area is 120 Å². The lowest BCUT2D eigenvalue weighted by Crippen LogP contribution is -2.13. The minimum absolute atomic E-state index is 0.332. The molecule has 0 amide bonds. The van der Waals surface area contributed by atoms with E-state index in [0.717, 1.165) is 26.5 Å². The van der Waals surface area contributed by atoms with Crippen molar-refractivity contribution in [2.75, 3.05) is 0 Å². The molecular weight excluding hydrogens is 320 g/mol. The Morgan fingerprint density at radius 2 is 1.82 bits per heavy atom. The number of aliphatic hydroxyl groups excluding tert-OH is 1. The highest BCUT2D eigenvalue weighted by Gasteiger charge is 2.23. The van der Waals surface area contributed by atoms with Crippen LogP contribution in [0.25, 0.3) is 0 Å². The molecule has 1 N–H and O–H groups in total. The summed E-state index contributed by atoms with van der Waals surface area (Å²) in [4.78, 5) is 1.01. The topological polar surface area (TPSA) is 20.2 Å². The normalized spacial score (nSPS) is 20.9. The van der Waals surface area contributed by atoms with Crippen molar-refractivity contribution in [3.63, 3.8) is 0 Å². The molecule has 1 aromatic rings. The van der Waals surface area contributed by atoms with Crippen molar-refractivity contribution in [2.45, 2.75) is 51.0 Å². The van der Waals surface area contributed by atoms with Gasteiger partial charge in [0.05, 0.1) is 6.10 Å². The molecule has 96 valence electrons. The summed E-state index contributed by atoms with van der Waals surface area (Å²) in [6.45, 7) is 0. The zero-order valence-electron chi connectivity index (χ0n) is 9.79. The van der Waals surface area contributed by atoms with Crippen molar-refractivity contribution in [1.82, 2.24) is 0 Å². The summed E-state index contributed by atoms with van der Waals surface area (Å²) in [6, 6.07) is 1.97. The summed E-state index contributed by atoms with van der Waals surface area (Å²) >= 11 is 10.9. The molecule has 0 saturated heterocycles. The van der Waals surface area contributed by atoms with Crippen molar-refractivity contribution in [1.29, 1.82) is 0 Å². The van der Waals surface area contributed by atoms with Crippen molar-refractivity contribution in [2.24, 2.45) is 5.92 Å². The Morgan fingerprint density at radius 1 is 1.24 bits per heavy atom. The van der Waals surface area contributed by atoms with Crippen LogP contribution in [-0.2, 0) is 0 Å². The van der Waals surface area contributed by atoms with Crippen LogP contribution in [0.1, 0.15) is 55.9 Å². The Hall–Kier alpha value is 0.430. The molecule has 1 fully saturated rings. The summed E-state index contributed by atoms with van der Waals surface area (Å²) in [5.74, 6) is 0.414. The van der Waals surface area contributed by atoms with Gasteiger partial charge in [0.15, 0.2) is 0 Å². The Balaban J connectivity index is 2.04. The third-order valence-corrected chi connectivity index (χ3v) is 6.10. The van der Waals surface area contributed by atoms with Gasteiger partial charge >= 0.3 is 0 Å². The lowest BCUT2D eigenvalue weighted by Gasteiger charge is -2.24. The Morgan fingerprint density at radius 3 is 2.35 bits per heavy atom. The van der Waals surface area contributed by atoms with Crippen LogP contribution in [0, 0.1) is 5.92 Å². The number of hydrogen-bond donors (Lipinski definition) is 1. The van der Waals surface area contributed by atoms with Gasteiger partial charge in [0, 0.05) is 9.35 Å². The first-order valence-electron chi connectivity index (χ1n) is 6.31. The number of rotatable bonds is 2. The monoisotopic (exact) mass is 336 g/mol. The van der Waals surface area contributed by atoms with Crippen molar-refractivity contribution >= 4 is 38.9 Å². The van der Waals surface area contributed by atoms with Crippen LogP contribution in [-0.4, -0.2) is 5.11 Å². The molecule has 2 rings (SSSR count). The standard InChI is InChI=1S/C13H18BrClOS/c14-10-8-11(17-13(10)15)12(16)9-6-4-2-1-3-5-7-9/h8-9,12,16H,1-7H2. The highest BCUT2D eigenvalue weighted by atomic mass is 79.9. The number of aliphatic hydroxyl groups is 1. The van der Waals surface area contributed by atoms with Crippen molar-refractivity contribution < 1.29 is 5.11 Å². The lowest BCUT2D eigenvalue weighted by molar-refractivity contribution is 0.0944. The van der Waals surface area contributed by atoms with Crippen LogP contribution in [0.15, 0.2) is 10.5 Å². The van der Waals surface area contributed by atoms with Crippen LogP contribution in [0.2, 0.25) is 4.34 Å². The molecular formula is C13H18BrClOS. The van der Waals surface area contributed by atoms with Gasteiger partial charge in [-0.1, -0.05) is 43.7 Å². The molecule has 1 heterocycles. The van der Waals surface area contributed by atoms with E-state index >= 15 is 0 Å². The number of hydrogen-bond acceptors (Lipinski definition) is 2. The first-order valence-corrected chi connectivity index (χ1v) is 8.30. The smallest absolute Gasteiger partial charge is 0.107 e. The summed E-state index contributed by atoms with van der Waals surface area (Å²) in [5.41, 5.74) is 0. The van der Waals surface area contributed by atoms with Gasteiger partial charge in [0.2, 0.25) is 0 Å². The third kappa shape index (κ3) is 3.69. The molecule has 4 heteroatoms. The zero-order valence-corrected chi connectivity index (χ0v) is 13.0. The second kappa shape index (κ2) is 6.55. The van der Waals surface area contributed by atoms with Crippen LogP contribution in [0.3, 0.4) is 0 Å². The molecule has 0 bridgehead atoms. The molecule has 0 spiro atoms. The van der Waals surface area contributed by atoms with Crippen LogP contribution in [0.5, 0.6) is 0 Å². The molecule has 0 aromatic carbocycles. The van der Waals surface area contributed by atoms with Gasteiger partial charge in [-0.25, -0.2) is 0 Å². The van der Waals surface area contributed by atoms with Crippen LogP contribution >= 0.6 is 38.9 Å². The molecule has 1 aromatic heterocycles. The third-order valence-electron chi connectivity index (χ3n) is 3.55. The molecule has 1 aliphatic carbocycles. The highest BCUT2D eigenvalue weighted by Crippen LogP contribution is 2.40. The van der Waals surface area contributed by atoms with E-state index in [1.54, 1.807) is 0 Å². The van der Waals surface area contributed by atoms with Gasteiger partial charge in [0.25, 0.3) is 0 Å². The highest BCUT2D eigenvalue weighted by molar-refractivity contribution is 9.10. The Bertz CT molecular complexity index is 339. The molecule has 0 aliphatic heterocycles. The maximum atomic E-state index is 10.4. The second-order valence-electron chi connectivity index (χ2n) is 4.82. The molecule has 1 saturated carbocycles. The van der Waals surface area contributed by atoms with E-state index in [2.05, 4.69) is 15.9 Å². The molecule has 17 heavy (non-hydrogen) atoms. The van der Waals surface area contributed by atoms with E-state index in [1.807, 2.05) is 6.07 Å². The van der Waals surface area contributed by atoms with Gasteiger partial charge < -0.3 is 5.11 Å². The van der Waals surface area contributed by atoms with Crippen LogP contribution < -0.4 is 0 Å². The first kappa shape index (κ1) is 13.9. The quantitative estimate of drug-likeness (QED) is 0.749. The summed E-state index contributed by atoms with van der Waals surface area (Å²) in [7, 11) is 0. The van der Waals surface area contributed by atoms with Crippen molar-refractivity contribution in [3.05, 3.63) is 19.8 Å². The first-order chi connectivity index (χ1) is 8.18. The average molecular weight is 338 g/mol. The van der Waals surface area contributed by atoms with E-state index in [1.165, 1.54) is 43.4 Å². The predicted molar refractivity (Wildman–Crippen MR) is 77.8 cm³/mol. The number of thiophene rings is 1. The summed E-state index contributed by atoms with van der Waals surface area (Å²) in [5, 5.41) is 10.4. The maximum Gasteiger partial charge on any atom is 0.107 e. The Kier molecular flexibility index (Phi) is 5.34. The molecule has 1 aliphatic rings. The van der Waals surface area contributed by atoms with E-state index in [4.69, 9.17) is 11.6 Å². The zero-order chi connectivity index (χ0) is 12.3. The van der Waals surface area contributed by atoms with E-state index in [0.29, 0.717) is 5.92 Å². The SMILES string of the molecule is OC(c1cc(Br)c(Cl)s1)C1CCCCCCC1. The fraction of sp³-hybridized carbons (Fsp3) is 0.692. The average Bonchev–Trinajstić information content (AvgIpc) is 2.58. The van der Waals surface area contributed by atoms with Gasteiger partial charge in [-0.15, -0.1) is 11.3 Å². The van der Waals surface area contributed by atoms with Gasteiger partial charge in [-0.3, -0.25) is 0 Å². The van der Waals surface area contributed by atoms with E-state index in [-0.39, 0.29) is 6.10 Å². The maximum absolute atomic E-state index is 10.4. The van der Waals surface area contributed by atoms with Gasteiger partial charge in [-0.05, 0) is 40.8 Å². The minimum Gasteiger partial charge on any atom is -0.387 e. The minimum atomic E-state index is -0.332. The molecule has 1 atom stereocenters. The van der Waals surface area contributed by atoms with Gasteiger partial charge in [-0.2, -0.15) is 0 Å². The molecule has 1 nitrogen and oxygen atoms in total. The number of halogens is 2. The van der Waals surface area contributed by atoms with E-state index in [9.17, 15) is 5.11 Å². The van der Waals surface area contributed by atoms with Crippen LogP contribution in [0.4, 0.5) is 0 Å². The van der Waals surface area contributed by atoms with Gasteiger partial charge in [0.1, 0.15) is 4.34 Å². The lowest BCUT2D eigenvalue weighted by atomic mass is 9.87.